The number of fused-ring (bicyclic) bond motifs is 1. The lowest BCUT2D eigenvalue weighted by Gasteiger charge is -2.32. The molecule has 0 spiro atoms. The minimum Gasteiger partial charge on any atom is -0.338 e. The van der Waals surface area contributed by atoms with Gasteiger partial charge < -0.3 is 20.1 Å². The molecule has 2 aromatic carbocycles. The minimum atomic E-state index is -0.230. The quantitative estimate of drug-likeness (QED) is 0.423. The zero-order chi connectivity index (χ0) is 24.6. The number of carbonyl (C=O) groups is 1. The van der Waals surface area contributed by atoms with Crippen LogP contribution in [0.15, 0.2) is 65.6 Å². The van der Waals surface area contributed by atoms with E-state index in [9.17, 15) is 9.59 Å². The smallest absolute Gasteiger partial charge is 0.319 e. The summed E-state index contributed by atoms with van der Waals surface area (Å²) in [6.07, 6.45) is 6.34. The van der Waals surface area contributed by atoms with Crippen molar-refractivity contribution >= 4 is 22.5 Å². The van der Waals surface area contributed by atoms with Crippen LogP contribution in [0, 0.1) is 11.8 Å². The van der Waals surface area contributed by atoms with E-state index in [4.69, 9.17) is 0 Å². The first-order valence-corrected chi connectivity index (χ1v) is 12.9. The number of aromatic nitrogens is 1. The Kier molecular flexibility index (Phi) is 8.59. The van der Waals surface area contributed by atoms with Gasteiger partial charge >= 0.3 is 6.03 Å². The molecule has 4 rings (SSSR count). The summed E-state index contributed by atoms with van der Waals surface area (Å²) in [6, 6.07) is 18.0. The Balaban J connectivity index is 1.23. The van der Waals surface area contributed by atoms with Gasteiger partial charge in [-0.2, -0.15) is 0 Å². The highest BCUT2D eigenvalue weighted by Crippen LogP contribution is 2.22. The maximum Gasteiger partial charge on any atom is 0.319 e. The van der Waals surface area contributed by atoms with Crippen molar-refractivity contribution in [1.29, 1.82) is 0 Å². The SMILES string of the molecule is CC(C)Cn1cc(NC(=O)NCCCN2CCC(Cc3ccccc3)CC2)c2ccccc2c1=O. The fraction of sp³-hybridized carbons (Fsp3) is 0.448. The lowest BCUT2D eigenvalue weighted by Crippen LogP contribution is -2.37. The van der Waals surface area contributed by atoms with E-state index < -0.39 is 0 Å². The van der Waals surface area contributed by atoms with Gasteiger partial charge in [-0.1, -0.05) is 62.4 Å². The monoisotopic (exact) mass is 474 g/mol. The number of rotatable bonds is 9. The maximum atomic E-state index is 12.8. The third kappa shape index (κ3) is 6.95. The van der Waals surface area contributed by atoms with Crippen molar-refractivity contribution in [2.75, 3.05) is 31.5 Å². The van der Waals surface area contributed by atoms with E-state index in [0.29, 0.717) is 30.1 Å². The first-order valence-electron chi connectivity index (χ1n) is 12.9. The topological polar surface area (TPSA) is 66.4 Å². The fourth-order valence-electron chi connectivity index (χ4n) is 5.00. The molecule has 0 radical (unpaired) electrons. The molecule has 0 saturated carbocycles. The fourth-order valence-corrected chi connectivity index (χ4v) is 5.00. The van der Waals surface area contributed by atoms with E-state index in [1.807, 2.05) is 24.3 Å². The van der Waals surface area contributed by atoms with Gasteiger partial charge in [0.25, 0.3) is 5.56 Å². The number of nitrogens with one attached hydrogen (secondary N) is 2. The summed E-state index contributed by atoms with van der Waals surface area (Å²) >= 11 is 0. The summed E-state index contributed by atoms with van der Waals surface area (Å²) < 4.78 is 1.70. The van der Waals surface area contributed by atoms with Gasteiger partial charge in [0.05, 0.1) is 5.69 Å². The molecule has 0 bridgehead atoms. The molecule has 1 aromatic heterocycles. The van der Waals surface area contributed by atoms with E-state index in [1.165, 1.54) is 24.8 Å². The molecule has 6 heteroatoms. The summed E-state index contributed by atoms with van der Waals surface area (Å²) in [6.45, 7) is 8.66. The summed E-state index contributed by atoms with van der Waals surface area (Å²) in [7, 11) is 0. The van der Waals surface area contributed by atoms with Crippen LogP contribution in [-0.2, 0) is 13.0 Å². The van der Waals surface area contributed by atoms with Crippen molar-refractivity contribution in [2.24, 2.45) is 11.8 Å². The van der Waals surface area contributed by atoms with Crippen LogP contribution in [-0.4, -0.2) is 41.7 Å². The first-order chi connectivity index (χ1) is 17.0. The molecular weight excluding hydrogens is 436 g/mol. The second-order valence-corrected chi connectivity index (χ2v) is 10.1. The highest BCUT2D eigenvalue weighted by molar-refractivity contribution is 6.00. The Labute approximate surface area is 208 Å². The molecule has 2 heterocycles. The standard InChI is InChI=1S/C29H38N4O2/c1-22(2)20-33-21-27(25-11-6-7-12-26(25)28(33)34)31-29(35)30-15-8-16-32-17-13-24(14-18-32)19-23-9-4-3-5-10-23/h3-7,9-12,21-22,24H,8,13-20H2,1-2H3,(H2,30,31,35). The molecule has 2 N–H and O–H groups in total. The normalized spacial score (nSPS) is 14.9. The lowest BCUT2D eigenvalue weighted by molar-refractivity contribution is 0.182. The van der Waals surface area contributed by atoms with Crippen molar-refractivity contribution < 1.29 is 4.79 Å². The Hall–Kier alpha value is -3.12. The van der Waals surface area contributed by atoms with Gasteiger partial charge in [-0.05, 0) is 68.8 Å². The summed E-state index contributed by atoms with van der Waals surface area (Å²) in [5.74, 6) is 1.10. The molecule has 2 amide bonds. The van der Waals surface area contributed by atoms with Gasteiger partial charge in [0.15, 0.2) is 0 Å². The number of benzene rings is 2. The van der Waals surface area contributed by atoms with Gasteiger partial charge in [0, 0.05) is 30.1 Å². The zero-order valence-corrected chi connectivity index (χ0v) is 21.0. The number of hydrogen-bond acceptors (Lipinski definition) is 3. The molecular formula is C29H38N4O2. The van der Waals surface area contributed by atoms with Gasteiger partial charge in [-0.15, -0.1) is 0 Å². The Morgan fingerprint density at radius 1 is 1.00 bits per heavy atom. The molecule has 1 aliphatic heterocycles. The van der Waals surface area contributed by atoms with Gasteiger partial charge in [0.2, 0.25) is 0 Å². The number of hydrogen-bond donors (Lipinski definition) is 2. The van der Waals surface area contributed by atoms with E-state index >= 15 is 0 Å². The predicted octanol–water partition coefficient (Wildman–Crippen LogP) is 5.12. The van der Waals surface area contributed by atoms with Gasteiger partial charge in [-0.25, -0.2) is 4.79 Å². The zero-order valence-electron chi connectivity index (χ0n) is 21.0. The summed E-state index contributed by atoms with van der Waals surface area (Å²) in [5, 5.41) is 7.35. The Bertz CT molecular complexity index is 1160. The van der Waals surface area contributed by atoms with Crippen LogP contribution in [0.25, 0.3) is 10.8 Å². The number of pyridine rings is 1. The van der Waals surface area contributed by atoms with Crippen LogP contribution in [0.2, 0.25) is 0 Å². The van der Waals surface area contributed by atoms with Crippen LogP contribution in [0.4, 0.5) is 10.5 Å². The number of carbonyl (C=O) groups excluding carboxylic acids is 1. The molecule has 1 aliphatic rings. The van der Waals surface area contributed by atoms with E-state index in [2.05, 4.69) is 59.7 Å². The second-order valence-electron chi connectivity index (χ2n) is 10.1. The predicted molar refractivity (Wildman–Crippen MR) is 144 cm³/mol. The first kappa shape index (κ1) is 25.0. The largest absolute Gasteiger partial charge is 0.338 e. The lowest BCUT2D eigenvalue weighted by atomic mass is 9.90. The van der Waals surface area contributed by atoms with E-state index in [-0.39, 0.29) is 11.6 Å². The number of likely N-dealkylation sites (tertiary alicyclic amines) is 1. The molecule has 186 valence electrons. The van der Waals surface area contributed by atoms with Crippen molar-refractivity contribution in [3.63, 3.8) is 0 Å². The van der Waals surface area contributed by atoms with Crippen LogP contribution in [0.1, 0.15) is 38.7 Å². The number of anilines is 1. The average molecular weight is 475 g/mol. The third-order valence-electron chi connectivity index (χ3n) is 6.81. The number of piperidine rings is 1. The maximum absolute atomic E-state index is 12.8. The number of nitrogens with zero attached hydrogens (tertiary/aromatic N) is 2. The van der Waals surface area contributed by atoms with Crippen molar-refractivity contribution in [1.82, 2.24) is 14.8 Å². The van der Waals surface area contributed by atoms with Crippen molar-refractivity contribution in [3.8, 4) is 0 Å². The molecule has 0 unspecified atom stereocenters. The Morgan fingerprint density at radius 2 is 1.69 bits per heavy atom. The third-order valence-corrected chi connectivity index (χ3v) is 6.81. The van der Waals surface area contributed by atoms with Crippen LogP contribution in [0.3, 0.4) is 0 Å². The summed E-state index contributed by atoms with van der Waals surface area (Å²) in [5.41, 5.74) is 2.08. The van der Waals surface area contributed by atoms with Gasteiger partial charge in [-0.3, -0.25) is 4.79 Å². The Morgan fingerprint density at radius 3 is 2.40 bits per heavy atom. The number of urea groups is 1. The molecule has 0 aliphatic carbocycles. The van der Waals surface area contributed by atoms with Crippen LogP contribution >= 0.6 is 0 Å². The van der Waals surface area contributed by atoms with Crippen LogP contribution < -0.4 is 16.2 Å². The van der Waals surface area contributed by atoms with Crippen LogP contribution in [0.5, 0.6) is 0 Å². The summed E-state index contributed by atoms with van der Waals surface area (Å²) in [4.78, 5) is 27.9. The van der Waals surface area contributed by atoms with E-state index in [0.717, 1.165) is 37.4 Å². The van der Waals surface area contributed by atoms with Crippen molar-refractivity contribution in [3.05, 3.63) is 76.7 Å². The molecule has 6 nitrogen and oxygen atoms in total. The second kappa shape index (κ2) is 12.0. The van der Waals surface area contributed by atoms with Crippen molar-refractivity contribution in [2.45, 2.75) is 46.1 Å². The highest BCUT2D eigenvalue weighted by Gasteiger charge is 2.19. The van der Waals surface area contributed by atoms with E-state index in [1.54, 1.807) is 10.8 Å². The molecule has 3 aromatic rings. The molecule has 1 saturated heterocycles. The minimum absolute atomic E-state index is 0.0206. The molecule has 1 fully saturated rings. The van der Waals surface area contributed by atoms with Gasteiger partial charge in [0.1, 0.15) is 0 Å². The molecule has 0 atom stereocenters. The number of amides is 2. The molecule has 35 heavy (non-hydrogen) atoms. The highest BCUT2D eigenvalue weighted by atomic mass is 16.2. The average Bonchev–Trinajstić information content (AvgIpc) is 2.86.